The molecule has 0 aliphatic rings. The number of aromatic hydroxyl groups is 1. The number of rotatable bonds is 11. The summed E-state index contributed by atoms with van der Waals surface area (Å²) in [6.07, 6.45) is 1.32. The third kappa shape index (κ3) is 8.14. The first-order valence-corrected chi connectivity index (χ1v) is 11.2. The van der Waals surface area contributed by atoms with E-state index in [-0.39, 0.29) is 11.7 Å². The van der Waals surface area contributed by atoms with Gasteiger partial charge >= 0.3 is 17.9 Å². The zero-order valence-corrected chi connectivity index (χ0v) is 19.9. The number of esters is 3. The minimum atomic E-state index is -0.573. The fourth-order valence-electron chi connectivity index (χ4n) is 2.96. The molecule has 188 valence electrons. The molecule has 0 atom stereocenters. The number of phenolic OH excluding ortho intramolecular Hbond substituents is 1. The van der Waals surface area contributed by atoms with Crippen LogP contribution in [0, 0.1) is 6.92 Å². The van der Waals surface area contributed by atoms with Crippen LogP contribution in [-0.4, -0.2) is 36.2 Å². The van der Waals surface area contributed by atoms with Gasteiger partial charge in [-0.15, -0.1) is 0 Å². The Labute approximate surface area is 208 Å². The molecule has 3 aromatic carbocycles. The molecule has 0 fully saturated rings. The van der Waals surface area contributed by atoms with Crippen LogP contribution in [0.4, 0.5) is 0 Å². The molecule has 9 nitrogen and oxygen atoms in total. The van der Waals surface area contributed by atoms with E-state index in [1.165, 1.54) is 43.3 Å². The van der Waals surface area contributed by atoms with Crippen LogP contribution in [0.25, 0.3) is 0 Å². The minimum absolute atomic E-state index is 0.0500. The van der Waals surface area contributed by atoms with Crippen molar-refractivity contribution >= 4 is 17.9 Å². The van der Waals surface area contributed by atoms with Gasteiger partial charge in [-0.3, -0.25) is 4.79 Å². The number of hydrogen-bond donors (Lipinski definition) is 1. The quantitative estimate of drug-likeness (QED) is 0.132. The van der Waals surface area contributed by atoms with Crippen LogP contribution >= 0.6 is 0 Å². The van der Waals surface area contributed by atoms with Crippen molar-refractivity contribution in [3.05, 3.63) is 83.4 Å². The van der Waals surface area contributed by atoms with E-state index in [4.69, 9.17) is 24.0 Å². The van der Waals surface area contributed by atoms with Gasteiger partial charge in [-0.25, -0.2) is 9.59 Å². The number of ether oxygens (including phenoxy) is 3. The first kappa shape index (κ1) is 26.2. The van der Waals surface area contributed by atoms with E-state index < -0.39 is 11.9 Å². The zero-order chi connectivity index (χ0) is 25.9. The number of carbonyl (C=O) groups is 3. The van der Waals surface area contributed by atoms with E-state index >= 15 is 0 Å². The van der Waals surface area contributed by atoms with Gasteiger partial charge in [0.25, 0.3) is 0 Å². The third-order valence-electron chi connectivity index (χ3n) is 4.84. The van der Waals surface area contributed by atoms with E-state index in [9.17, 15) is 19.5 Å². The highest BCUT2D eigenvalue weighted by molar-refractivity contribution is 5.92. The van der Waals surface area contributed by atoms with Crippen LogP contribution in [0.1, 0.15) is 46.0 Å². The van der Waals surface area contributed by atoms with Crippen molar-refractivity contribution in [3.8, 4) is 23.0 Å². The van der Waals surface area contributed by atoms with E-state index in [0.717, 1.165) is 0 Å². The van der Waals surface area contributed by atoms with Gasteiger partial charge in [0.15, 0.2) is 5.75 Å². The standard InChI is InChI=1S/C27H26O9/c1-18-17-24(13-14-25(18)35-27(31)20-5-9-22(29)10-6-20)34-26(30)21-7-11-23(12-8-21)36-33-16-4-3-15-32-19(2)28/h5-14,17,29H,3-4,15-16H2,1-2H3. The number of benzene rings is 3. The Kier molecular flexibility index (Phi) is 9.41. The van der Waals surface area contributed by atoms with Gasteiger partial charge in [-0.1, -0.05) is 0 Å². The molecular weight excluding hydrogens is 468 g/mol. The predicted octanol–water partition coefficient (Wildman–Crippen LogP) is 4.79. The van der Waals surface area contributed by atoms with Crippen LogP contribution in [0.15, 0.2) is 66.7 Å². The van der Waals surface area contributed by atoms with E-state index in [1.54, 1.807) is 37.3 Å². The summed E-state index contributed by atoms with van der Waals surface area (Å²) < 4.78 is 15.6. The van der Waals surface area contributed by atoms with Crippen molar-refractivity contribution in [2.24, 2.45) is 0 Å². The Morgan fingerprint density at radius 3 is 1.97 bits per heavy atom. The highest BCUT2D eigenvalue weighted by atomic mass is 17.2. The molecule has 1 N–H and O–H groups in total. The smallest absolute Gasteiger partial charge is 0.343 e. The minimum Gasteiger partial charge on any atom is -0.508 e. The third-order valence-corrected chi connectivity index (χ3v) is 4.84. The summed E-state index contributed by atoms with van der Waals surface area (Å²) in [7, 11) is 0. The molecule has 0 aliphatic heterocycles. The monoisotopic (exact) mass is 494 g/mol. The molecule has 0 amide bonds. The molecule has 3 rings (SSSR count). The van der Waals surface area contributed by atoms with Gasteiger partial charge in [0.05, 0.1) is 24.3 Å². The second kappa shape index (κ2) is 12.9. The lowest BCUT2D eigenvalue weighted by Gasteiger charge is -2.10. The topological polar surface area (TPSA) is 118 Å². The first-order chi connectivity index (χ1) is 17.3. The van der Waals surface area contributed by atoms with Crippen molar-refractivity contribution in [3.63, 3.8) is 0 Å². The Morgan fingerprint density at radius 2 is 1.33 bits per heavy atom. The second-order valence-corrected chi connectivity index (χ2v) is 7.73. The van der Waals surface area contributed by atoms with Gasteiger partial charge in [-0.05, 0) is 92.1 Å². The fraction of sp³-hybridized carbons (Fsp3) is 0.222. The molecule has 0 saturated carbocycles. The van der Waals surface area contributed by atoms with E-state index in [0.29, 0.717) is 60.0 Å². The van der Waals surface area contributed by atoms with Crippen LogP contribution in [0.3, 0.4) is 0 Å². The number of hydrogen-bond acceptors (Lipinski definition) is 9. The Balaban J connectivity index is 1.47. The van der Waals surface area contributed by atoms with Crippen molar-refractivity contribution < 1.29 is 43.5 Å². The molecule has 0 heterocycles. The van der Waals surface area contributed by atoms with Gasteiger partial charge in [0, 0.05) is 6.92 Å². The largest absolute Gasteiger partial charge is 0.508 e. The summed E-state index contributed by atoms with van der Waals surface area (Å²) in [6.45, 7) is 3.74. The van der Waals surface area contributed by atoms with Crippen molar-refractivity contribution in [2.45, 2.75) is 26.7 Å². The Morgan fingerprint density at radius 1 is 0.750 bits per heavy atom. The predicted molar refractivity (Wildman–Crippen MR) is 128 cm³/mol. The van der Waals surface area contributed by atoms with Gasteiger partial charge in [0.2, 0.25) is 0 Å². The summed E-state index contributed by atoms with van der Waals surface area (Å²) in [6, 6.07) is 16.6. The highest BCUT2D eigenvalue weighted by Crippen LogP contribution is 2.25. The SMILES string of the molecule is CC(=O)OCCCCOOc1ccc(C(=O)Oc2ccc(OC(=O)c3ccc(O)cc3)c(C)c2)cc1. The molecule has 0 bridgehead atoms. The summed E-state index contributed by atoms with van der Waals surface area (Å²) in [5.41, 5.74) is 1.20. The van der Waals surface area contributed by atoms with E-state index in [1.807, 2.05) is 0 Å². The molecule has 0 aromatic heterocycles. The maximum absolute atomic E-state index is 12.5. The number of phenols is 1. The Hall–Kier alpha value is -4.37. The number of unbranched alkanes of at least 4 members (excludes halogenated alkanes) is 1. The van der Waals surface area contributed by atoms with Crippen LogP contribution < -0.4 is 14.4 Å². The lowest BCUT2D eigenvalue weighted by Crippen LogP contribution is -2.10. The van der Waals surface area contributed by atoms with Crippen molar-refractivity contribution in [1.29, 1.82) is 0 Å². The van der Waals surface area contributed by atoms with Crippen molar-refractivity contribution in [2.75, 3.05) is 13.2 Å². The molecular formula is C27H26O9. The average molecular weight is 494 g/mol. The lowest BCUT2D eigenvalue weighted by molar-refractivity contribution is -0.207. The second-order valence-electron chi connectivity index (χ2n) is 7.73. The molecule has 0 aliphatic carbocycles. The maximum atomic E-state index is 12.5. The molecule has 3 aromatic rings. The molecule has 36 heavy (non-hydrogen) atoms. The average Bonchev–Trinajstić information content (AvgIpc) is 2.85. The maximum Gasteiger partial charge on any atom is 0.343 e. The van der Waals surface area contributed by atoms with Gasteiger partial charge in [0.1, 0.15) is 17.2 Å². The van der Waals surface area contributed by atoms with Crippen molar-refractivity contribution in [1.82, 2.24) is 0 Å². The van der Waals surface area contributed by atoms with E-state index in [2.05, 4.69) is 0 Å². The summed E-state index contributed by atoms with van der Waals surface area (Å²) >= 11 is 0. The lowest BCUT2D eigenvalue weighted by atomic mass is 10.2. The van der Waals surface area contributed by atoms with Crippen LogP contribution in [-0.2, 0) is 14.4 Å². The molecule has 0 radical (unpaired) electrons. The fourth-order valence-corrected chi connectivity index (χ4v) is 2.96. The summed E-state index contributed by atoms with van der Waals surface area (Å²) in [5, 5.41) is 9.33. The first-order valence-electron chi connectivity index (χ1n) is 11.2. The molecule has 0 unspecified atom stereocenters. The van der Waals surface area contributed by atoms with Crippen LogP contribution in [0.5, 0.6) is 23.0 Å². The van der Waals surface area contributed by atoms with Gasteiger partial charge in [-0.2, -0.15) is 4.89 Å². The molecule has 9 heteroatoms. The highest BCUT2D eigenvalue weighted by Gasteiger charge is 2.13. The molecule has 0 spiro atoms. The molecule has 0 saturated heterocycles. The number of carbonyl (C=O) groups excluding carboxylic acids is 3. The normalized spacial score (nSPS) is 10.4. The Bertz CT molecular complexity index is 1180. The van der Waals surface area contributed by atoms with Crippen LogP contribution in [0.2, 0.25) is 0 Å². The van der Waals surface area contributed by atoms with Gasteiger partial charge < -0.3 is 24.2 Å². The zero-order valence-electron chi connectivity index (χ0n) is 19.9. The summed E-state index contributed by atoms with van der Waals surface area (Å²) in [5.74, 6) is -0.376. The number of aryl methyl sites for hydroxylation is 1. The summed E-state index contributed by atoms with van der Waals surface area (Å²) in [4.78, 5) is 45.7.